The van der Waals surface area contributed by atoms with Crippen molar-refractivity contribution in [3.63, 3.8) is 0 Å². The van der Waals surface area contributed by atoms with Crippen LogP contribution < -0.4 is 10.6 Å². The number of carbonyl (C=O) groups excluding carboxylic acids is 4. The molecule has 2 fully saturated rings. The standard InChI is InChI=1S/C25H31N3O6/c1-3-33-25-19(14-21(29)34-25)27-23(31)20-13-12-16-9-5-7-11-18(24(32)28(16)20)26-22(30)17-10-6-4-8-15(17)2/h4-8,10,16,18-20,25H,3,9,11-14H2,1-2H3,(H,26,30)(H,27,31)/b7-5-/t16-,18+,19?,20+,25?/m1/s1. The molecule has 0 bridgehead atoms. The van der Waals surface area contributed by atoms with E-state index in [1.54, 1.807) is 24.0 Å². The molecule has 2 N–H and O–H groups in total. The van der Waals surface area contributed by atoms with Gasteiger partial charge in [-0.15, -0.1) is 0 Å². The van der Waals surface area contributed by atoms with Crippen molar-refractivity contribution in [2.24, 2.45) is 0 Å². The van der Waals surface area contributed by atoms with Crippen molar-refractivity contribution in [1.29, 1.82) is 0 Å². The third-order valence-electron chi connectivity index (χ3n) is 6.62. The minimum atomic E-state index is -0.828. The lowest BCUT2D eigenvalue weighted by molar-refractivity contribution is -0.164. The molecule has 3 amide bonds. The number of benzene rings is 1. The normalized spacial score (nSPS) is 29.6. The highest BCUT2D eigenvalue weighted by Gasteiger charge is 2.45. The number of hydrogen-bond donors (Lipinski definition) is 2. The molecular weight excluding hydrogens is 438 g/mol. The van der Waals surface area contributed by atoms with Gasteiger partial charge in [0.05, 0.1) is 6.42 Å². The molecule has 2 unspecified atom stereocenters. The fourth-order valence-corrected chi connectivity index (χ4v) is 4.90. The quantitative estimate of drug-likeness (QED) is 0.483. The van der Waals surface area contributed by atoms with E-state index in [1.165, 1.54) is 0 Å². The maximum atomic E-state index is 13.6. The maximum Gasteiger partial charge on any atom is 0.310 e. The van der Waals surface area contributed by atoms with E-state index in [0.29, 0.717) is 37.9 Å². The van der Waals surface area contributed by atoms with Crippen LogP contribution in [0.4, 0.5) is 0 Å². The van der Waals surface area contributed by atoms with Gasteiger partial charge in [0.1, 0.15) is 18.1 Å². The van der Waals surface area contributed by atoms with Gasteiger partial charge in [-0.2, -0.15) is 0 Å². The molecule has 34 heavy (non-hydrogen) atoms. The van der Waals surface area contributed by atoms with E-state index in [9.17, 15) is 19.2 Å². The summed E-state index contributed by atoms with van der Waals surface area (Å²) < 4.78 is 10.6. The Bertz CT molecular complexity index is 993. The molecule has 5 atom stereocenters. The van der Waals surface area contributed by atoms with Crippen molar-refractivity contribution in [2.45, 2.75) is 76.4 Å². The lowest BCUT2D eigenvalue weighted by Gasteiger charge is -2.34. The van der Waals surface area contributed by atoms with Gasteiger partial charge in [-0.05, 0) is 51.2 Å². The fraction of sp³-hybridized carbons (Fsp3) is 0.520. The zero-order chi connectivity index (χ0) is 24.2. The lowest BCUT2D eigenvalue weighted by Crippen LogP contribution is -2.57. The third kappa shape index (κ3) is 4.99. The van der Waals surface area contributed by atoms with Crippen LogP contribution >= 0.6 is 0 Å². The van der Waals surface area contributed by atoms with Gasteiger partial charge >= 0.3 is 5.97 Å². The first-order valence-corrected chi connectivity index (χ1v) is 11.8. The van der Waals surface area contributed by atoms with Gasteiger partial charge in [-0.25, -0.2) is 0 Å². The predicted octanol–water partition coefficient (Wildman–Crippen LogP) is 1.60. The van der Waals surface area contributed by atoms with E-state index in [0.717, 1.165) is 5.56 Å². The van der Waals surface area contributed by atoms with E-state index in [-0.39, 0.29) is 30.2 Å². The fourth-order valence-electron chi connectivity index (χ4n) is 4.90. The average Bonchev–Trinajstić information content (AvgIpc) is 3.37. The molecule has 1 aromatic carbocycles. The van der Waals surface area contributed by atoms with Crippen LogP contribution in [0.15, 0.2) is 36.4 Å². The summed E-state index contributed by atoms with van der Waals surface area (Å²) in [5.41, 5.74) is 1.34. The topological polar surface area (TPSA) is 114 Å². The molecule has 0 aliphatic carbocycles. The van der Waals surface area contributed by atoms with Crippen LogP contribution in [0.2, 0.25) is 0 Å². The Morgan fingerprint density at radius 2 is 1.88 bits per heavy atom. The Hall–Kier alpha value is -3.20. The molecule has 0 aromatic heterocycles. The molecule has 1 aromatic rings. The lowest BCUT2D eigenvalue weighted by atomic mass is 10.0. The van der Waals surface area contributed by atoms with Crippen LogP contribution in [0.3, 0.4) is 0 Å². The number of rotatable bonds is 6. The van der Waals surface area contributed by atoms with Gasteiger partial charge in [-0.3, -0.25) is 19.2 Å². The number of aryl methyl sites for hydroxylation is 1. The number of hydrogen-bond acceptors (Lipinski definition) is 6. The van der Waals surface area contributed by atoms with Crippen molar-refractivity contribution in [2.75, 3.05) is 6.61 Å². The highest BCUT2D eigenvalue weighted by atomic mass is 16.7. The number of carbonyl (C=O) groups is 4. The summed E-state index contributed by atoms with van der Waals surface area (Å²) in [5, 5.41) is 5.73. The summed E-state index contributed by atoms with van der Waals surface area (Å²) in [7, 11) is 0. The van der Waals surface area contributed by atoms with Crippen molar-refractivity contribution in [3.8, 4) is 0 Å². The van der Waals surface area contributed by atoms with Crippen LogP contribution in [0.25, 0.3) is 0 Å². The number of nitrogens with zero attached hydrogens (tertiary/aromatic N) is 1. The van der Waals surface area contributed by atoms with Gasteiger partial charge in [0, 0.05) is 18.2 Å². The van der Waals surface area contributed by atoms with E-state index in [2.05, 4.69) is 10.6 Å². The molecule has 9 heteroatoms. The van der Waals surface area contributed by atoms with Gasteiger partial charge in [0.15, 0.2) is 0 Å². The summed E-state index contributed by atoms with van der Waals surface area (Å²) in [5.74, 6) is -1.35. The molecular formula is C25H31N3O6. The Labute approximate surface area is 198 Å². The SMILES string of the molecule is CCOC1OC(=O)CC1NC(=O)[C@@H]1CC[C@H]2C/C=C\C[C@H](NC(=O)c3ccccc3C)C(=O)N21. The minimum Gasteiger partial charge on any atom is -0.433 e. The van der Waals surface area contributed by atoms with Crippen LogP contribution in [0, 0.1) is 6.92 Å². The zero-order valence-electron chi connectivity index (χ0n) is 19.5. The van der Waals surface area contributed by atoms with E-state index in [1.807, 2.05) is 31.2 Å². The molecule has 3 aliphatic heterocycles. The van der Waals surface area contributed by atoms with Gasteiger partial charge < -0.3 is 25.0 Å². The second-order valence-electron chi connectivity index (χ2n) is 8.91. The number of fused-ring (bicyclic) bond motifs is 1. The van der Waals surface area contributed by atoms with Crippen molar-refractivity contribution < 1.29 is 28.7 Å². The monoisotopic (exact) mass is 469 g/mol. The Balaban J connectivity index is 1.49. The number of amides is 3. The molecule has 3 aliphatic rings. The molecule has 182 valence electrons. The van der Waals surface area contributed by atoms with Crippen LogP contribution in [-0.2, 0) is 23.9 Å². The van der Waals surface area contributed by atoms with Crippen molar-refractivity contribution in [1.82, 2.24) is 15.5 Å². The van der Waals surface area contributed by atoms with Crippen molar-refractivity contribution >= 4 is 23.7 Å². The van der Waals surface area contributed by atoms with E-state index < -0.39 is 30.4 Å². The molecule has 0 radical (unpaired) electrons. The van der Waals surface area contributed by atoms with Crippen LogP contribution in [-0.4, -0.2) is 65.7 Å². The number of cyclic esters (lactones) is 1. The molecule has 0 saturated carbocycles. The molecule has 0 spiro atoms. The molecule has 4 rings (SSSR count). The number of esters is 1. The van der Waals surface area contributed by atoms with Gasteiger partial charge in [0.2, 0.25) is 18.1 Å². The zero-order valence-corrected chi connectivity index (χ0v) is 19.5. The minimum absolute atomic E-state index is 0.0261. The maximum absolute atomic E-state index is 13.6. The summed E-state index contributed by atoms with van der Waals surface area (Å²) in [6.45, 7) is 3.97. The summed E-state index contributed by atoms with van der Waals surface area (Å²) in [4.78, 5) is 53.1. The summed E-state index contributed by atoms with van der Waals surface area (Å²) in [6.07, 6.45) is 5.32. The molecule has 9 nitrogen and oxygen atoms in total. The molecule has 3 heterocycles. The summed E-state index contributed by atoms with van der Waals surface area (Å²) in [6, 6.07) is 5.04. The first-order chi connectivity index (χ1) is 16.4. The third-order valence-corrected chi connectivity index (χ3v) is 6.62. The predicted molar refractivity (Wildman–Crippen MR) is 123 cm³/mol. The Kier molecular flexibility index (Phi) is 7.31. The Morgan fingerprint density at radius 3 is 2.65 bits per heavy atom. The van der Waals surface area contributed by atoms with Gasteiger partial charge in [0.25, 0.3) is 5.91 Å². The van der Waals surface area contributed by atoms with Crippen molar-refractivity contribution in [3.05, 3.63) is 47.5 Å². The highest BCUT2D eigenvalue weighted by molar-refractivity contribution is 5.99. The average molecular weight is 470 g/mol. The first kappa shape index (κ1) is 23.9. The number of ether oxygens (including phenoxy) is 2. The Morgan fingerprint density at radius 1 is 1.12 bits per heavy atom. The highest BCUT2D eigenvalue weighted by Crippen LogP contribution is 2.30. The second kappa shape index (κ2) is 10.4. The number of nitrogens with one attached hydrogen (secondary N) is 2. The van der Waals surface area contributed by atoms with E-state index in [4.69, 9.17) is 9.47 Å². The van der Waals surface area contributed by atoms with Crippen LogP contribution in [0.5, 0.6) is 0 Å². The van der Waals surface area contributed by atoms with E-state index >= 15 is 0 Å². The second-order valence-corrected chi connectivity index (χ2v) is 8.91. The summed E-state index contributed by atoms with van der Waals surface area (Å²) >= 11 is 0. The van der Waals surface area contributed by atoms with Crippen LogP contribution in [0.1, 0.15) is 54.9 Å². The van der Waals surface area contributed by atoms with Gasteiger partial charge in [-0.1, -0.05) is 30.4 Å². The smallest absolute Gasteiger partial charge is 0.310 e. The first-order valence-electron chi connectivity index (χ1n) is 11.8. The largest absolute Gasteiger partial charge is 0.433 e. The molecule has 2 saturated heterocycles.